The van der Waals surface area contributed by atoms with Crippen LogP contribution in [0.25, 0.3) is 0 Å². The van der Waals surface area contributed by atoms with Gasteiger partial charge in [0.2, 0.25) is 5.91 Å². The van der Waals surface area contributed by atoms with Crippen molar-refractivity contribution >= 4 is 17.2 Å². The van der Waals surface area contributed by atoms with Gasteiger partial charge < -0.3 is 14.4 Å². The summed E-state index contributed by atoms with van der Waals surface area (Å²) in [5.41, 5.74) is 1.08. The Morgan fingerprint density at radius 1 is 1.39 bits per heavy atom. The fraction of sp³-hybridized carbons (Fsp3) is 0.412. The number of ether oxygens (including phenoxy) is 2. The van der Waals surface area contributed by atoms with Crippen molar-refractivity contribution in [3.63, 3.8) is 0 Å². The molecule has 0 bridgehead atoms. The Bertz CT molecular complexity index is 639. The number of nitrogens with zero attached hydrogens (tertiary/aromatic N) is 2. The maximum Gasteiger partial charge on any atom is 0.273 e. The summed E-state index contributed by atoms with van der Waals surface area (Å²) in [6.45, 7) is 3.88. The number of likely N-dealkylation sites (tertiary alicyclic amines) is 1. The summed E-state index contributed by atoms with van der Waals surface area (Å²) in [5.74, 6) is 1.03. The van der Waals surface area contributed by atoms with Gasteiger partial charge in [0.05, 0.1) is 19.7 Å². The third kappa shape index (κ3) is 4.01. The summed E-state index contributed by atoms with van der Waals surface area (Å²) in [7, 11) is 0. The molecular formula is C17H20N2O3S. The third-order valence-electron chi connectivity index (χ3n) is 3.76. The van der Waals surface area contributed by atoms with Gasteiger partial charge in [-0.1, -0.05) is 29.5 Å². The molecule has 2 aromatic rings. The Morgan fingerprint density at radius 2 is 2.22 bits per heavy atom. The smallest absolute Gasteiger partial charge is 0.273 e. The summed E-state index contributed by atoms with van der Waals surface area (Å²) >= 11 is 1.47. The number of thiazole rings is 1. The van der Waals surface area contributed by atoms with E-state index in [2.05, 4.69) is 4.98 Å². The van der Waals surface area contributed by atoms with Crippen LogP contribution in [-0.2, 0) is 11.2 Å². The molecular weight excluding hydrogens is 312 g/mol. The van der Waals surface area contributed by atoms with Crippen LogP contribution in [0, 0.1) is 0 Å². The van der Waals surface area contributed by atoms with Crippen LogP contribution in [-0.4, -0.2) is 41.6 Å². The second-order valence-electron chi connectivity index (χ2n) is 5.38. The van der Waals surface area contributed by atoms with Crippen molar-refractivity contribution < 1.29 is 14.3 Å². The third-order valence-corrected chi connectivity index (χ3v) is 4.42. The van der Waals surface area contributed by atoms with E-state index < -0.39 is 0 Å². The molecule has 1 aliphatic heterocycles. The van der Waals surface area contributed by atoms with Crippen LogP contribution >= 0.6 is 11.3 Å². The monoisotopic (exact) mass is 332 g/mol. The zero-order valence-electron chi connectivity index (χ0n) is 13.1. The first kappa shape index (κ1) is 15.8. The fourth-order valence-electron chi connectivity index (χ4n) is 2.53. The first-order chi connectivity index (χ1) is 11.3. The molecule has 1 amide bonds. The van der Waals surface area contributed by atoms with Gasteiger partial charge in [-0.25, -0.2) is 4.98 Å². The molecule has 0 atom stereocenters. The Kier molecular flexibility index (Phi) is 5.12. The molecule has 3 rings (SSSR count). The normalized spacial score (nSPS) is 14.4. The summed E-state index contributed by atoms with van der Waals surface area (Å²) in [5, 5.41) is 2.56. The number of rotatable bonds is 7. The van der Waals surface area contributed by atoms with Gasteiger partial charge in [0.15, 0.2) is 0 Å². The molecule has 0 saturated carbocycles. The minimum absolute atomic E-state index is 0.0702. The number of para-hydroxylation sites is 1. The number of aromatic nitrogens is 1. The van der Waals surface area contributed by atoms with Crippen molar-refractivity contribution in [2.24, 2.45) is 0 Å². The molecule has 1 saturated heterocycles. The number of aryl methyl sites for hydroxylation is 1. The van der Waals surface area contributed by atoms with Crippen molar-refractivity contribution in [2.75, 3.05) is 19.7 Å². The van der Waals surface area contributed by atoms with Crippen molar-refractivity contribution in [1.82, 2.24) is 9.88 Å². The average Bonchev–Trinajstić information content (AvgIpc) is 3.03. The lowest BCUT2D eigenvalue weighted by Crippen LogP contribution is -2.56. The van der Waals surface area contributed by atoms with Crippen molar-refractivity contribution in [2.45, 2.75) is 25.9 Å². The van der Waals surface area contributed by atoms with Crippen LogP contribution in [0.15, 0.2) is 35.8 Å². The van der Waals surface area contributed by atoms with Crippen LogP contribution in [0.2, 0.25) is 0 Å². The molecule has 2 heterocycles. The molecule has 0 N–H and O–H groups in total. The molecule has 1 aromatic heterocycles. The highest BCUT2D eigenvalue weighted by molar-refractivity contribution is 7.11. The topological polar surface area (TPSA) is 51.7 Å². The highest BCUT2D eigenvalue weighted by atomic mass is 32.1. The lowest BCUT2D eigenvalue weighted by Gasteiger charge is -2.38. The predicted octanol–water partition coefficient (Wildman–Crippen LogP) is 2.76. The summed E-state index contributed by atoms with van der Waals surface area (Å²) in [4.78, 5) is 18.2. The van der Waals surface area contributed by atoms with Gasteiger partial charge in [0.25, 0.3) is 5.19 Å². The zero-order chi connectivity index (χ0) is 16.1. The van der Waals surface area contributed by atoms with E-state index in [0.717, 1.165) is 11.3 Å². The summed E-state index contributed by atoms with van der Waals surface area (Å²) in [6, 6.07) is 7.89. The highest BCUT2D eigenvalue weighted by Crippen LogP contribution is 2.23. The molecule has 5 nitrogen and oxygen atoms in total. The Morgan fingerprint density at radius 3 is 2.96 bits per heavy atom. The van der Waals surface area contributed by atoms with Crippen LogP contribution in [0.1, 0.15) is 18.9 Å². The zero-order valence-corrected chi connectivity index (χ0v) is 13.9. The number of carbonyl (C=O) groups excluding carboxylic acids is 1. The fourth-order valence-corrected chi connectivity index (χ4v) is 3.09. The molecule has 122 valence electrons. The van der Waals surface area contributed by atoms with E-state index in [1.54, 1.807) is 6.20 Å². The van der Waals surface area contributed by atoms with E-state index in [1.165, 1.54) is 11.3 Å². The maximum atomic E-state index is 12.2. The van der Waals surface area contributed by atoms with Gasteiger partial charge in [-0.15, -0.1) is 0 Å². The number of carbonyl (C=O) groups is 1. The van der Waals surface area contributed by atoms with Gasteiger partial charge >= 0.3 is 0 Å². The largest absolute Gasteiger partial charge is 0.494 e. The summed E-state index contributed by atoms with van der Waals surface area (Å²) in [6.07, 6.45) is 2.98. The SMILES string of the molecule is CCOc1ccccc1CCC(=O)N1CC(Oc2nccs2)C1. The van der Waals surface area contributed by atoms with Crippen molar-refractivity contribution in [3.8, 4) is 10.9 Å². The summed E-state index contributed by atoms with van der Waals surface area (Å²) < 4.78 is 11.3. The van der Waals surface area contributed by atoms with E-state index in [4.69, 9.17) is 9.47 Å². The lowest BCUT2D eigenvalue weighted by atomic mass is 10.1. The van der Waals surface area contributed by atoms with Crippen LogP contribution < -0.4 is 9.47 Å². The molecule has 1 fully saturated rings. The van der Waals surface area contributed by atoms with Gasteiger partial charge in [-0.3, -0.25) is 4.79 Å². The Hall–Kier alpha value is -2.08. The predicted molar refractivity (Wildman–Crippen MR) is 89.0 cm³/mol. The first-order valence-electron chi connectivity index (χ1n) is 7.81. The molecule has 0 spiro atoms. The van der Waals surface area contributed by atoms with Gasteiger partial charge in [0, 0.05) is 18.0 Å². The van der Waals surface area contributed by atoms with E-state index in [0.29, 0.717) is 37.7 Å². The van der Waals surface area contributed by atoms with Gasteiger partial charge in [-0.2, -0.15) is 0 Å². The number of benzene rings is 1. The standard InChI is InChI=1S/C17H20N2O3S/c1-2-21-15-6-4-3-5-13(15)7-8-16(20)19-11-14(12-19)22-17-18-9-10-23-17/h3-6,9-10,14H,2,7-8,11-12H2,1H3. The van der Waals surface area contributed by atoms with Gasteiger partial charge in [0.1, 0.15) is 11.9 Å². The molecule has 1 aromatic carbocycles. The Balaban J connectivity index is 1.44. The van der Waals surface area contributed by atoms with E-state index in [1.807, 2.05) is 41.5 Å². The highest BCUT2D eigenvalue weighted by Gasteiger charge is 2.32. The molecule has 0 aliphatic carbocycles. The van der Waals surface area contributed by atoms with Crippen LogP contribution in [0.5, 0.6) is 10.9 Å². The van der Waals surface area contributed by atoms with Crippen molar-refractivity contribution in [3.05, 3.63) is 41.4 Å². The first-order valence-corrected chi connectivity index (χ1v) is 8.69. The lowest BCUT2D eigenvalue weighted by molar-refractivity contribution is -0.139. The van der Waals surface area contributed by atoms with Crippen molar-refractivity contribution in [1.29, 1.82) is 0 Å². The van der Waals surface area contributed by atoms with E-state index in [9.17, 15) is 4.79 Å². The second-order valence-corrected chi connectivity index (χ2v) is 6.23. The van der Waals surface area contributed by atoms with E-state index >= 15 is 0 Å². The second kappa shape index (κ2) is 7.46. The number of hydrogen-bond donors (Lipinski definition) is 0. The molecule has 1 aliphatic rings. The molecule has 6 heteroatoms. The van der Waals surface area contributed by atoms with Gasteiger partial charge in [-0.05, 0) is 25.0 Å². The minimum Gasteiger partial charge on any atom is -0.494 e. The number of amides is 1. The minimum atomic E-state index is 0.0702. The maximum absolute atomic E-state index is 12.2. The Labute approximate surface area is 139 Å². The van der Waals surface area contributed by atoms with Crippen LogP contribution in [0.4, 0.5) is 0 Å². The molecule has 0 unspecified atom stereocenters. The van der Waals surface area contributed by atoms with E-state index in [-0.39, 0.29) is 12.0 Å². The quantitative estimate of drug-likeness (QED) is 0.782. The number of hydrogen-bond acceptors (Lipinski definition) is 5. The molecule has 0 radical (unpaired) electrons. The molecule has 23 heavy (non-hydrogen) atoms. The average molecular weight is 332 g/mol. The van der Waals surface area contributed by atoms with Crippen LogP contribution in [0.3, 0.4) is 0 Å².